The van der Waals surface area contributed by atoms with Crippen LogP contribution in [0.25, 0.3) is 0 Å². The molecule has 0 aliphatic carbocycles. The first-order valence-electron chi connectivity index (χ1n) is 4.47. The van der Waals surface area contributed by atoms with Crippen molar-refractivity contribution in [3.63, 3.8) is 0 Å². The van der Waals surface area contributed by atoms with Gasteiger partial charge in [-0.15, -0.1) is 11.3 Å². The van der Waals surface area contributed by atoms with E-state index in [-0.39, 0.29) is 6.04 Å². The van der Waals surface area contributed by atoms with E-state index in [0.29, 0.717) is 0 Å². The van der Waals surface area contributed by atoms with Gasteiger partial charge in [-0.05, 0) is 40.2 Å². The Labute approximate surface area is 96.7 Å². The van der Waals surface area contributed by atoms with Gasteiger partial charge in [0.05, 0.1) is 6.04 Å². The Morgan fingerprint density at radius 2 is 2.50 bits per heavy atom. The molecule has 1 aromatic rings. The number of hydrogen-bond acceptors (Lipinski definition) is 4. The van der Waals surface area contributed by atoms with Crippen LogP contribution >= 0.6 is 27.3 Å². The molecule has 0 saturated heterocycles. The maximum Gasteiger partial charge on any atom is 0.0565 e. The van der Waals surface area contributed by atoms with Crippen molar-refractivity contribution in [1.82, 2.24) is 5.43 Å². The highest BCUT2D eigenvalue weighted by molar-refractivity contribution is 9.10. The lowest BCUT2D eigenvalue weighted by molar-refractivity contribution is 0.189. The predicted molar refractivity (Wildman–Crippen MR) is 63.2 cm³/mol. The standard InChI is InChI=1S/C9H15BrN2OS/c1-13-5-2-3-8(12-11)9-7(10)4-6-14-9/h4,6,8,12H,2-3,5,11H2,1H3. The number of rotatable bonds is 6. The Morgan fingerprint density at radius 3 is 3.00 bits per heavy atom. The molecule has 0 radical (unpaired) electrons. The van der Waals surface area contributed by atoms with Gasteiger partial charge in [-0.25, -0.2) is 0 Å². The van der Waals surface area contributed by atoms with Gasteiger partial charge in [-0.2, -0.15) is 0 Å². The van der Waals surface area contributed by atoms with E-state index in [0.717, 1.165) is 23.9 Å². The van der Waals surface area contributed by atoms with E-state index < -0.39 is 0 Å². The third kappa shape index (κ3) is 3.33. The Balaban J connectivity index is 2.50. The quantitative estimate of drug-likeness (QED) is 0.477. The fourth-order valence-electron chi connectivity index (χ4n) is 1.28. The summed E-state index contributed by atoms with van der Waals surface area (Å²) in [6.45, 7) is 0.779. The molecule has 80 valence electrons. The number of nitrogens with two attached hydrogens (primary N) is 1. The van der Waals surface area contributed by atoms with Gasteiger partial charge in [0.25, 0.3) is 0 Å². The number of thiophene rings is 1. The number of ether oxygens (including phenoxy) is 1. The Morgan fingerprint density at radius 1 is 1.71 bits per heavy atom. The second kappa shape index (κ2) is 6.53. The molecule has 0 saturated carbocycles. The van der Waals surface area contributed by atoms with Gasteiger partial charge in [-0.1, -0.05) is 0 Å². The summed E-state index contributed by atoms with van der Waals surface area (Å²) in [6.07, 6.45) is 2.00. The molecule has 1 heterocycles. The first-order chi connectivity index (χ1) is 6.79. The molecule has 1 aromatic heterocycles. The van der Waals surface area contributed by atoms with Gasteiger partial charge in [-0.3, -0.25) is 11.3 Å². The molecule has 0 aliphatic rings. The lowest BCUT2D eigenvalue weighted by atomic mass is 10.1. The van der Waals surface area contributed by atoms with Gasteiger partial charge in [0.2, 0.25) is 0 Å². The SMILES string of the molecule is COCCCC(NN)c1sccc1Br. The summed E-state index contributed by atoms with van der Waals surface area (Å²) in [7, 11) is 1.71. The highest BCUT2D eigenvalue weighted by Crippen LogP contribution is 2.30. The number of halogens is 1. The Hall–Kier alpha value is 0.0600. The van der Waals surface area contributed by atoms with E-state index >= 15 is 0 Å². The van der Waals surface area contributed by atoms with Crippen LogP contribution in [0.5, 0.6) is 0 Å². The highest BCUT2D eigenvalue weighted by atomic mass is 79.9. The molecule has 0 spiro atoms. The van der Waals surface area contributed by atoms with Crippen LogP contribution in [0.4, 0.5) is 0 Å². The van der Waals surface area contributed by atoms with Crippen molar-refractivity contribution in [2.45, 2.75) is 18.9 Å². The van der Waals surface area contributed by atoms with E-state index in [1.807, 2.05) is 6.07 Å². The largest absolute Gasteiger partial charge is 0.385 e. The third-order valence-electron chi connectivity index (χ3n) is 2.00. The van der Waals surface area contributed by atoms with Gasteiger partial charge >= 0.3 is 0 Å². The molecule has 0 aliphatic heterocycles. The van der Waals surface area contributed by atoms with E-state index in [2.05, 4.69) is 26.7 Å². The van der Waals surface area contributed by atoms with E-state index in [4.69, 9.17) is 10.6 Å². The molecule has 0 bridgehead atoms. The van der Waals surface area contributed by atoms with Gasteiger partial charge in [0, 0.05) is 23.1 Å². The zero-order valence-corrected chi connectivity index (χ0v) is 10.5. The lowest BCUT2D eigenvalue weighted by Gasteiger charge is -2.14. The van der Waals surface area contributed by atoms with E-state index in [9.17, 15) is 0 Å². The van der Waals surface area contributed by atoms with Crippen molar-refractivity contribution < 1.29 is 4.74 Å². The number of hydrogen-bond donors (Lipinski definition) is 2. The number of hydrazine groups is 1. The molecule has 1 atom stereocenters. The van der Waals surface area contributed by atoms with Crippen molar-refractivity contribution >= 4 is 27.3 Å². The van der Waals surface area contributed by atoms with Crippen molar-refractivity contribution in [2.75, 3.05) is 13.7 Å². The van der Waals surface area contributed by atoms with Crippen molar-refractivity contribution in [1.29, 1.82) is 0 Å². The van der Waals surface area contributed by atoms with E-state index in [1.54, 1.807) is 18.4 Å². The summed E-state index contributed by atoms with van der Waals surface area (Å²) in [5, 5.41) is 2.06. The summed E-state index contributed by atoms with van der Waals surface area (Å²) >= 11 is 5.21. The van der Waals surface area contributed by atoms with Crippen molar-refractivity contribution in [3.05, 3.63) is 20.8 Å². The lowest BCUT2D eigenvalue weighted by Crippen LogP contribution is -2.27. The van der Waals surface area contributed by atoms with Crippen molar-refractivity contribution in [3.8, 4) is 0 Å². The molecular weight excluding hydrogens is 264 g/mol. The maximum absolute atomic E-state index is 5.51. The molecule has 5 heteroatoms. The van der Waals surface area contributed by atoms with Crippen LogP contribution in [0, 0.1) is 0 Å². The molecular formula is C9H15BrN2OS. The van der Waals surface area contributed by atoms with Crippen LogP contribution in [0.15, 0.2) is 15.9 Å². The minimum atomic E-state index is 0.222. The number of methoxy groups -OCH3 is 1. The van der Waals surface area contributed by atoms with Gasteiger partial charge < -0.3 is 4.74 Å². The predicted octanol–water partition coefficient (Wildman–Crippen LogP) is 2.44. The monoisotopic (exact) mass is 278 g/mol. The topological polar surface area (TPSA) is 47.3 Å². The third-order valence-corrected chi connectivity index (χ3v) is 3.99. The van der Waals surface area contributed by atoms with Crippen LogP contribution in [0.3, 0.4) is 0 Å². The molecule has 0 fully saturated rings. The molecule has 14 heavy (non-hydrogen) atoms. The minimum Gasteiger partial charge on any atom is -0.385 e. The minimum absolute atomic E-state index is 0.222. The second-order valence-corrected chi connectivity index (χ2v) is 4.79. The Kier molecular flexibility index (Phi) is 5.66. The van der Waals surface area contributed by atoms with Crippen molar-refractivity contribution in [2.24, 2.45) is 5.84 Å². The summed E-state index contributed by atoms with van der Waals surface area (Å²) in [5.41, 5.74) is 2.83. The zero-order chi connectivity index (χ0) is 10.4. The average molecular weight is 279 g/mol. The summed E-state index contributed by atoms with van der Waals surface area (Å²) in [6, 6.07) is 2.26. The smallest absolute Gasteiger partial charge is 0.0565 e. The van der Waals surface area contributed by atoms with E-state index in [1.165, 1.54) is 4.88 Å². The van der Waals surface area contributed by atoms with Crippen LogP contribution in [0.1, 0.15) is 23.8 Å². The van der Waals surface area contributed by atoms with Gasteiger partial charge in [0.15, 0.2) is 0 Å². The summed E-state index contributed by atoms with van der Waals surface area (Å²) in [4.78, 5) is 1.25. The Bertz CT molecular complexity index is 267. The van der Waals surface area contributed by atoms with Crippen LogP contribution in [-0.2, 0) is 4.74 Å². The normalized spacial score (nSPS) is 13.1. The first kappa shape index (κ1) is 12.1. The first-order valence-corrected chi connectivity index (χ1v) is 6.14. The zero-order valence-electron chi connectivity index (χ0n) is 8.13. The maximum atomic E-state index is 5.51. The molecule has 1 unspecified atom stereocenters. The van der Waals surface area contributed by atoms with Crippen LogP contribution in [-0.4, -0.2) is 13.7 Å². The van der Waals surface area contributed by atoms with Crippen LogP contribution < -0.4 is 11.3 Å². The highest BCUT2D eigenvalue weighted by Gasteiger charge is 2.13. The molecule has 3 nitrogen and oxygen atoms in total. The molecule has 0 aromatic carbocycles. The fraction of sp³-hybridized carbons (Fsp3) is 0.556. The van der Waals surface area contributed by atoms with Gasteiger partial charge in [0.1, 0.15) is 0 Å². The van der Waals surface area contributed by atoms with Crippen LogP contribution in [0.2, 0.25) is 0 Å². The molecule has 1 rings (SSSR count). The average Bonchev–Trinajstić information content (AvgIpc) is 2.60. The summed E-state index contributed by atoms with van der Waals surface area (Å²) in [5.74, 6) is 5.51. The molecule has 3 N–H and O–H groups in total. The number of nitrogens with one attached hydrogen (secondary N) is 1. The summed E-state index contributed by atoms with van der Waals surface area (Å²) < 4.78 is 6.14. The molecule has 0 amide bonds. The second-order valence-electron chi connectivity index (χ2n) is 2.99. The fourth-order valence-corrected chi connectivity index (χ4v) is 3.02.